The van der Waals surface area contributed by atoms with Gasteiger partial charge in [-0.2, -0.15) is 0 Å². The number of nitrogens with one attached hydrogen (secondary N) is 1. The monoisotopic (exact) mass is 423 g/mol. The number of furan rings is 1. The van der Waals surface area contributed by atoms with Crippen molar-refractivity contribution in [3.63, 3.8) is 0 Å². The number of hydrogen-bond acceptors (Lipinski definition) is 4. The minimum atomic E-state index is -0.364. The van der Waals surface area contributed by atoms with Crippen molar-refractivity contribution in [2.75, 3.05) is 31.5 Å². The van der Waals surface area contributed by atoms with E-state index in [1.807, 2.05) is 30.3 Å². The fraction of sp³-hybridized carbons (Fsp3) is 0.217. The van der Waals surface area contributed by atoms with Crippen LogP contribution in [0.3, 0.4) is 0 Å². The standard InChI is InChI=1S/C23H22FN3O4/c24-18-6-8-19(9-7-18)25-23(29)27-13-11-26(12-14-27)22(28)21-17(10-15-30-21)16-31-20-4-2-1-3-5-20/h1-10,15H,11-14,16H2,(H,25,29). The lowest BCUT2D eigenvalue weighted by Gasteiger charge is -2.34. The normalized spacial score (nSPS) is 13.7. The second-order valence-electron chi connectivity index (χ2n) is 7.09. The molecular formula is C23H22FN3O4. The summed E-state index contributed by atoms with van der Waals surface area (Å²) in [4.78, 5) is 28.6. The Hall–Kier alpha value is -3.81. The maximum atomic E-state index is 13.0. The van der Waals surface area contributed by atoms with Crippen LogP contribution < -0.4 is 10.1 Å². The lowest BCUT2D eigenvalue weighted by molar-refractivity contribution is 0.0637. The van der Waals surface area contributed by atoms with Crippen molar-refractivity contribution in [1.29, 1.82) is 0 Å². The fourth-order valence-corrected chi connectivity index (χ4v) is 3.31. The Morgan fingerprint density at radius 2 is 1.61 bits per heavy atom. The molecule has 0 saturated carbocycles. The number of para-hydroxylation sites is 1. The molecule has 1 saturated heterocycles. The van der Waals surface area contributed by atoms with Crippen LogP contribution >= 0.6 is 0 Å². The molecule has 1 aliphatic heterocycles. The number of halogens is 1. The zero-order chi connectivity index (χ0) is 21.6. The molecule has 1 aromatic heterocycles. The number of benzene rings is 2. The van der Waals surface area contributed by atoms with E-state index in [1.54, 1.807) is 15.9 Å². The third-order valence-electron chi connectivity index (χ3n) is 5.03. The van der Waals surface area contributed by atoms with E-state index in [-0.39, 0.29) is 30.1 Å². The second-order valence-corrected chi connectivity index (χ2v) is 7.09. The van der Waals surface area contributed by atoms with Gasteiger partial charge in [0.2, 0.25) is 0 Å². The summed E-state index contributed by atoms with van der Waals surface area (Å²) in [6.07, 6.45) is 1.48. The summed E-state index contributed by atoms with van der Waals surface area (Å²) in [7, 11) is 0. The number of carbonyl (C=O) groups is 2. The van der Waals surface area contributed by atoms with Crippen LogP contribution in [-0.2, 0) is 6.61 Å². The second kappa shape index (κ2) is 9.34. The van der Waals surface area contributed by atoms with Gasteiger partial charge in [-0.05, 0) is 42.5 Å². The van der Waals surface area contributed by atoms with E-state index in [0.29, 0.717) is 43.2 Å². The topological polar surface area (TPSA) is 75.0 Å². The molecule has 8 heteroatoms. The number of anilines is 1. The van der Waals surface area contributed by atoms with Crippen LogP contribution in [0.25, 0.3) is 0 Å². The highest BCUT2D eigenvalue weighted by molar-refractivity contribution is 5.93. The number of hydrogen-bond donors (Lipinski definition) is 1. The molecule has 2 heterocycles. The Labute approximate surface area is 179 Å². The lowest BCUT2D eigenvalue weighted by atomic mass is 10.2. The van der Waals surface area contributed by atoms with Gasteiger partial charge in [0, 0.05) is 37.4 Å². The van der Waals surface area contributed by atoms with Gasteiger partial charge < -0.3 is 24.3 Å². The number of piperazine rings is 1. The molecule has 0 bridgehead atoms. The van der Waals surface area contributed by atoms with Crippen LogP contribution in [0.15, 0.2) is 71.3 Å². The smallest absolute Gasteiger partial charge is 0.321 e. The first-order valence-corrected chi connectivity index (χ1v) is 9.95. The van der Waals surface area contributed by atoms with Gasteiger partial charge in [0.15, 0.2) is 5.76 Å². The quantitative estimate of drug-likeness (QED) is 0.674. The summed E-state index contributed by atoms with van der Waals surface area (Å²) in [6, 6.07) is 16.4. The van der Waals surface area contributed by atoms with Crippen LogP contribution in [0.1, 0.15) is 16.1 Å². The van der Waals surface area contributed by atoms with Gasteiger partial charge in [0.05, 0.1) is 6.26 Å². The van der Waals surface area contributed by atoms with Crippen LogP contribution in [0, 0.1) is 5.82 Å². The van der Waals surface area contributed by atoms with Gasteiger partial charge in [-0.1, -0.05) is 18.2 Å². The maximum Gasteiger partial charge on any atom is 0.321 e. The van der Waals surface area contributed by atoms with Crippen molar-refractivity contribution < 1.29 is 23.1 Å². The summed E-state index contributed by atoms with van der Waals surface area (Å²) < 4.78 is 24.2. The number of rotatable bonds is 5. The first-order chi connectivity index (χ1) is 15.1. The van der Waals surface area contributed by atoms with Crippen molar-refractivity contribution in [2.24, 2.45) is 0 Å². The Kier molecular flexibility index (Phi) is 6.16. The van der Waals surface area contributed by atoms with Crippen LogP contribution in [0.4, 0.5) is 14.9 Å². The molecule has 4 rings (SSSR count). The predicted octanol–water partition coefficient (Wildman–Crippen LogP) is 3.99. The van der Waals surface area contributed by atoms with Crippen molar-refractivity contribution in [2.45, 2.75) is 6.61 Å². The Morgan fingerprint density at radius 3 is 2.32 bits per heavy atom. The molecule has 0 unspecified atom stereocenters. The van der Waals surface area contributed by atoms with Crippen molar-refractivity contribution >= 4 is 17.6 Å². The molecule has 160 valence electrons. The van der Waals surface area contributed by atoms with Crippen LogP contribution in [0.2, 0.25) is 0 Å². The molecule has 1 fully saturated rings. The average Bonchev–Trinajstić information content (AvgIpc) is 3.28. The SMILES string of the molecule is O=C(Nc1ccc(F)cc1)N1CCN(C(=O)c2occc2COc2ccccc2)CC1. The van der Waals surface area contributed by atoms with Gasteiger partial charge in [-0.3, -0.25) is 4.79 Å². The number of ether oxygens (including phenoxy) is 1. The molecule has 3 aromatic rings. The first-order valence-electron chi connectivity index (χ1n) is 9.95. The Bertz CT molecular complexity index is 1030. The van der Waals surface area contributed by atoms with E-state index in [4.69, 9.17) is 9.15 Å². The molecule has 0 atom stereocenters. The largest absolute Gasteiger partial charge is 0.489 e. The van der Waals surface area contributed by atoms with E-state index >= 15 is 0 Å². The summed E-state index contributed by atoms with van der Waals surface area (Å²) >= 11 is 0. The highest BCUT2D eigenvalue weighted by atomic mass is 19.1. The Morgan fingerprint density at radius 1 is 0.935 bits per heavy atom. The fourth-order valence-electron chi connectivity index (χ4n) is 3.31. The Balaban J connectivity index is 1.31. The summed E-state index contributed by atoms with van der Waals surface area (Å²) in [5, 5.41) is 2.73. The van der Waals surface area contributed by atoms with E-state index in [9.17, 15) is 14.0 Å². The first kappa shape index (κ1) is 20.5. The molecule has 7 nitrogen and oxygen atoms in total. The third-order valence-corrected chi connectivity index (χ3v) is 5.03. The zero-order valence-electron chi connectivity index (χ0n) is 16.8. The highest BCUT2D eigenvalue weighted by Crippen LogP contribution is 2.19. The number of amides is 3. The lowest BCUT2D eigenvalue weighted by Crippen LogP contribution is -2.51. The van der Waals surface area contributed by atoms with Gasteiger partial charge >= 0.3 is 6.03 Å². The van der Waals surface area contributed by atoms with E-state index < -0.39 is 0 Å². The predicted molar refractivity (Wildman–Crippen MR) is 112 cm³/mol. The summed E-state index contributed by atoms with van der Waals surface area (Å²) in [6.45, 7) is 1.76. The molecular weight excluding hydrogens is 401 g/mol. The average molecular weight is 423 g/mol. The van der Waals surface area contributed by atoms with Crippen molar-refractivity contribution in [3.05, 3.63) is 84.1 Å². The number of nitrogens with zero attached hydrogens (tertiary/aromatic N) is 2. The highest BCUT2D eigenvalue weighted by Gasteiger charge is 2.28. The molecule has 1 N–H and O–H groups in total. The number of carbonyl (C=O) groups excluding carboxylic acids is 2. The molecule has 0 aliphatic carbocycles. The van der Waals surface area contributed by atoms with Gasteiger partial charge in [-0.15, -0.1) is 0 Å². The van der Waals surface area contributed by atoms with Crippen LogP contribution in [-0.4, -0.2) is 47.9 Å². The third kappa shape index (κ3) is 5.03. The zero-order valence-corrected chi connectivity index (χ0v) is 16.8. The van der Waals surface area contributed by atoms with Crippen LogP contribution in [0.5, 0.6) is 5.75 Å². The summed E-state index contributed by atoms with van der Waals surface area (Å²) in [5.41, 5.74) is 1.19. The molecule has 1 aliphatic rings. The number of urea groups is 1. The molecule has 0 spiro atoms. The molecule has 0 radical (unpaired) electrons. The maximum absolute atomic E-state index is 13.0. The van der Waals surface area contributed by atoms with Gasteiger partial charge in [0.1, 0.15) is 18.2 Å². The summed E-state index contributed by atoms with van der Waals surface area (Å²) in [5.74, 6) is 0.370. The van der Waals surface area contributed by atoms with Crippen molar-refractivity contribution in [3.8, 4) is 5.75 Å². The van der Waals surface area contributed by atoms with E-state index in [0.717, 1.165) is 0 Å². The molecule has 31 heavy (non-hydrogen) atoms. The van der Waals surface area contributed by atoms with Gasteiger partial charge in [-0.25, -0.2) is 9.18 Å². The van der Waals surface area contributed by atoms with E-state index in [1.165, 1.54) is 30.5 Å². The minimum absolute atomic E-state index is 0.224. The minimum Gasteiger partial charge on any atom is -0.489 e. The molecule has 2 aromatic carbocycles. The molecule has 3 amide bonds. The van der Waals surface area contributed by atoms with Gasteiger partial charge in [0.25, 0.3) is 5.91 Å². The van der Waals surface area contributed by atoms with E-state index in [2.05, 4.69) is 5.32 Å². The van der Waals surface area contributed by atoms with Crippen molar-refractivity contribution in [1.82, 2.24) is 9.80 Å².